The summed E-state index contributed by atoms with van der Waals surface area (Å²) < 4.78 is 0.836. The standard InChI is InChI=1S/C12H13BrN2OS2/c1-3-12(2,11-14-5-7-18-11)15-10(16)9-8(13)4-6-17-9/h4-7H,3H2,1-2H3,(H,15,16)/t12-/m0/s1. The second-order valence-corrected chi connectivity index (χ2v) is 6.74. The fourth-order valence-electron chi connectivity index (χ4n) is 1.55. The van der Waals surface area contributed by atoms with Gasteiger partial charge in [0, 0.05) is 16.0 Å². The molecule has 0 bridgehead atoms. The first-order valence-corrected chi connectivity index (χ1v) is 8.07. The van der Waals surface area contributed by atoms with E-state index < -0.39 is 5.54 Å². The van der Waals surface area contributed by atoms with Gasteiger partial charge in [0.1, 0.15) is 9.88 Å². The molecule has 1 amide bonds. The number of halogens is 1. The van der Waals surface area contributed by atoms with Crippen molar-refractivity contribution >= 4 is 44.5 Å². The Morgan fingerprint density at radius 2 is 2.28 bits per heavy atom. The Hall–Kier alpha value is -0.720. The topological polar surface area (TPSA) is 42.0 Å². The monoisotopic (exact) mass is 344 g/mol. The van der Waals surface area contributed by atoms with Crippen LogP contribution in [0.4, 0.5) is 0 Å². The third kappa shape index (κ3) is 2.65. The maximum Gasteiger partial charge on any atom is 0.263 e. The molecule has 0 aliphatic carbocycles. The molecule has 1 N–H and O–H groups in total. The molecule has 6 heteroatoms. The summed E-state index contributed by atoms with van der Waals surface area (Å²) >= 11 is 6.38. The van der Waals surface area contributed by atoms with Crippen LogP contribution in [0.2, 0.25) is 0 Å². The van der Waals surface area contributed by atoms with Crippen molar-refractivity contribution in [1.82, 2.24) is 10.3 Å². The van der Waals surface area contributed by atoms with Crippen LogP contribution in [0.3, 0.4) is 0 Å². The summed E-state index contributed by atoms with van der Waals surface area (Å²) in [4.78, 5) is 17.3. The fourth-order valence-corrected chi connectivity index (χ4v) is 3.83. The Kier molecular flexibility index (Phi) is 4.19. The van der Waals surface area contributed by atoms with E-state index in [-0.39, 0.29) is 5.91 Å². The van der Waals surface area contributed by atoms with E-state index in [1.54, 1.807) is 17.5 Å². The van der Waals surface area contributed by atoms with Gasteiger partial charge in [-0.2, -0.15) is 0 Å². The van der Waals surface area contributed by atoms with E-state index in [0.717, 1.165) is 15.9 Å². The molecule has 1 atom stereocenters. The number of amides is 1. The number of hydrogen-bond donors (Lipinski definition) is 1. The summed E-state index contributed by atoms with van der Waals surface area (Å²) in [7, 11) is 0. The number of rotatable bonds is 4. The van der Waals surface area contributed by atoms with E-state index in [2.05, 4.69) is 26.2 Å². The molecule has 0 unspecified atom stereocenters. The first-order chi connectivity index (χ1) is 8.57. The molecule has 0 aliphatic heterocycles. The first-order valence-electron chi connectivity index (χ1n) is 5.52. The van der Waals surface area contributed by atoms with E-state index in [1.165, 1.54) is 11.3 Å². The molecule has 2 heterocycles. The number of nitrogens with zero attached hydrogens (tertiary/aromatic N) is 1. The van der Waals surface area contributed by atoms with Gasteiger partial charge in [0.25, 0.3) is 5.91 Å². The van der Waals surface area contributed by atoms with E-state index in [9.17, 15) is 4.79 Å². The number of carbonyl (C=O) groups excluding carboxylic acids is 1. The van der Waals surface area contributed by atoms with Gasteiger partial charge in [-0.05, 0) is 40.7 Å². The van der Waals surface area contributed by atoms with Crippen molar-refractivity contribution in [3.63, 3.8) is 0 Å². The quantitative estimate of drug-likeness (QED) is 0.909. The number of thiazole rings is 1. The van der Waals surface area contributed by atoms with Crippen LogP contribution < -0.4 is 5.32 Å². The maximum absolute atomic E-state index is 12.2. The third-order valence-electron chi connectivity index (χ3n) is 2.82. The van der Waals surface area contributed by atoms with Crippen molar-refractivity contribution < 1.29 is 4.79 Å². The molecule has 18 heavy (non-hydrogen) atoms. The molecular formula is C12H13BrN2OS2. The lowest BCUT2D eigenvalue weighted by Crippen LogP contribution is -2.42. The minimum Gasteiger partial charge on any atom is -0.340 e. The molecule has 0 aliphatic rings. The highest BCUT2D eigenvalue weighted by Crippen LogP contribution is 2.29. The van der Waals surface area contributed by atoms with Gasteiger partial charge >= 0.3 is 0 Å². The second-order valence-electron chi connectivity index (χ2n) is 4.07. The predicted molar refractivity (Wildman–Crippen MR) is 79.2 cm³/mol. The van der Waals surface area contributed by atoms with Gasteiger partial charge < -0.3 is 5.32 Å². The molecule has 0 radical (unpaired) electrons. The smallest absolute Gasteiger partial charge is 0.263 e. The Labute approximate surface area is 122 Å². The SMILES string of the molecule is CC[C@](C)(NC(=O)c1sccc1Br)c1nccs1. The number of aromatic nitrogens is 1. The molecular weight excluding hydrogens is 332 g/mol. The number of carbonyl (C=O) groups is 1. The summed E-state index contributed by atoms with van der Waals surface area (Å²) in [6.45, 7) is 4.05. The van der Waals surface area contributed by atoms with Crippen LogP contribution in [-0.4, -0.2) is 10.9 Å². The Bertz CT molecular complexity index is 538. The molecule has 0 saturated carbocycles. The highest BCUT2D eigenvalue weighted by atomic mass is 79.9. The number of hydrogen-bond acceptors (Lipinski definition) is 4. The molecule has 0 spiro atoms. The normalized spacial score (nSPS) is 14.2. The van der Waals surface area contributed by atoms with Gasteiger partial charge in [-0.3, -0.25) is 4.79 Å². The van der Waals surface area contributed by atoms with Crippen molar-refractivity contribution in [2.45, 2.75) is 25.8 Å². The summed E-state index contributed by atoms with van der Waals surface area (Å²) in [6.07, 6.45) is 2.57. The van der Waals surface area contributed by atoms with Crippen molar-refractivity contribution in [2.24, 2.45) is 0 Å². The Balaban J connectivity index is 2.22. The molecule has 2 aromatic heterocycles. The van der Waals surface area contributed by atoms with Gasteiger partial charge in [-0.1, -0.05) is 6.92 Å². The molecule has 0 fully saturated rings. The molecule has 0 saturated heterocycles. The summed E-state index contributed by atoms with van der Waals surface area (Å²) in [5.41, 5.74) is -0.408. The zero-order valence-electron chi connectivity index (χ0n) is 10.1. The third-order valence-corrected chi connectivity index (χ3v) is 5.70. The predicted octanol–water partition coefficient (Wildman–Crippen LogP) is 4.02. The lowest BCUT2D eigenvalue weighted by Gasteiger charge is -2.27. The van der Waals surface area contributed by atoms with E-state index in [1.807, 2.05) is 30.7 Å². The van der Waals surface area contributed by atoms with E-state index in [4.69, 9.17) is 0 Å². The highest BCUT2D eigenvalue weighted by molar-refractivity contribution is 9.10. The van der Waals surface area contributed by atoms with Gasteiger partial charge in [-0.25, -0.2) is 4.98 Å². The molecule has 2 rings (SSSR count). The number of nitrogens with one attached hydrogen (secondary N) is 1. The van der Waals surface area contributed by atoms with Crippen molar-refractivity contribution in [2.75, 3.05) is 0 Å². The Morgan fingerprint density at radius 1 is 1.50 bits per heavy atom. The van der Waals surface area contributed by atoms with Crippen LogP contribution in [0, 0.1) is 0 Å². The van der Waals surface area contributed by atoms with Crippen LogP contribution >= 0.6 is 38.6 Å². The second kappa shape index (κ2) is 5.50. The van der Waals surface area contributed by atoms with Gasteiger partial charge in [-0.15, -0.1) is 22.7 Å². The van der Waals surface area contributed by atoms with Crippen LogP contribution in [0.1, 0.15) is 34.9 Å². The van der Waals surface area contributed by atoms with Crippen molar-refractivity contribution in [1.29, 1.82) is 0 Å². The molecule has 3 nitrogen and oxygen atoms in total. The van der Waals surface area contributed by atoms with Gasteiger partial charge in [0.05, 0.1) is 5.54 Å². The van der Waals surface area contributed by atoms with Crippen LogP contribution in [-0.2, 0) is 5.54 Å². The van der Waals surface area contributed by atoms with Crippen LogP contribution in [0.15, 0.2) is 27.5 Å². The van der Waals surface area contributed by atoms with Crippen LogP contribution in [0.25, 0.3) is 0 Å². The summed E-state index contributed by atoms with van der Waals surface area (Å²) in [5.74, 6) is -0.0589. The largest absolute Gasteiger partial charge is 0.340 e. The summed E-state index contributed by atoms with van der Waals surface area (Å²) in [5, 5.41) is 7.84. The molecule has 0 aromatic carbocycles. The zero-order chi connectivity index (χ0) is 13.2. The fraction of sp³-hybridized carbons (Fsp3) is 0.333. The van der Waals surface area contributed by atoms with Gasteiger partial charge in [0.15, 0.2) is 0 Å². The minimum absolute atomic E-state index is 0.0589. The minimum atomic E-state index is -0.408. The lowest BCUT2D eigenvalue weighted by molar-refractivity contribution is 0.0905. The molecule has 2 aromatic rings. The zero-order valence-corrected chi connectivity index (χ0v) is 13.3. The van der Waals surface area contributed by atoms with Crippen molar-refractivity contribution in [3.05, 3.63) is 37.4 Å². The molecule has 96 valence electrons. The van der Waals surface area contributed by atoms with Gasteiger partial charge in [0.2, 0.25) is 0 Å². The highest BCUT2D eigenvalue weighted by Gasteiger charge is 2.30. The first kappa shape index (κ1) is 13.7. The van der Waals surface area contributed by atoms with E-state index >= 15 is 0 Å². The summed E-state index contributed by atoms with van der Waals surface area (Å²) in [6, 6.07) is 1.88. The average Bonchev–Trinajstić information content (AvgIpc) is 2.99. The number of thiophene rings is 1. The van der Waals surface area contributed by atoms with Crippen LogP contribution in [0.5, 0.6) is 0 Å². The average molecular weight is 345 g/mol. The maximum atomic E-state index is 12.2. The van der Waals surface area contributed by atoms with E-state index in [0.29, 0.717) is 4.88 Å². The Morgan fingerprint density at radius 3 is 2.78 bits per heavy atom. The lowest BCUT2D eigenvalue weighted by atomic mass is 10.00. The van der Waals surface area contributed by atoms with Crippen molar-refractivity contribution in [3.8, 4) is 0 Å².